The molecule has 2 N–H and O–H groups in total. The van der Waals surface area contributed by atoms with Gasteiger partial charge in [0.25, 0.3) is 0 Å². The predicted molar refractivity (Wildman–Crippen MR) is 52.5 cm³/mol. The molecule has 0 bridgehead atoms. The van der Waals surface area contributed by atoms with Gasteiger partial charge in [-0.15, -0.1) is 12.4 Å². The topological polar surface area (TPSA) is 52.6 Å². The van der Waals surface area contributed by atoms with E-state index in [4.69, 9.17) is 5.11 Å². The highest BCUT2D eigenvalue weighted by atomic mass is 35.5. The zero-order valence-corrected chi connectivity index (χ0v) is 8.17. The number of hydrogen-bond donors (Lipinski definition) is 2. The molecule has 0 saturated heterocycles. The molecule has 0 spiro atoms. The average molecular weight is 205 g/mol. The summed E-state index contributed by atoms with van der Waals surface area (Å²) in [4.78, 5) is 10.2. The van der Waals surface area contributed by atoms with E-state index in [1.165, 1.54) is 0 Å². The molecule has 1 heterocycles. The lowest BCUT2D eigenvalue weighted by atomic mass is 10.2. The normalized spacial score (nSPS) is 14.8. The van der Waals surface area contributed by atoms with E-state index < -0.39 is 5.97 Å². The number of nitrogens with zero attached hydrogens (tertiary/aromatic N) is 1. The SMILES string of the molecule is CC1=CN(NCC(=O)O)CC=C1.Cl. The van der Waals surface area contributed by atoms with Crippen molar-refractivity contribution in [3.05, 3.63) is 23.9 Å². The molecule has 0 unspecified atom stereocenters. The largest absolute Gasteiger partial charge is 0.480 e. The molecule has 1 rings (SSSR count). The van der Waals surface area contributed by atoms with Crippen molar-refractivity contribution in [1.82, 2.24) is 10.4 Å². The predicted octanol–water partition coefficient (Wildman–Crippen LogP) is 0.773. The second-order valence-corrected chi connectivity index (χ2v) is 2.66. The van der Waals surface area contributed by atoms with Crippen LogP contribution in [0, 0.1) is 0 Å². The van der Waals surface area contributed by atoms with Crippen LogP contribution in [-0.2, 0) is 4.79 Å². The summed E-state index contributed by atoms with van der Waals surface area (Å²) < 4.78 is 0. The number of carboxylic acids is 1. The number of hydrogen-bond acceptors (Lipinski definition) is 3. The number of hydrazine groups is 1. The second kappa shape index (κ2) is 5.61. The zero-order valence-electron chi connectivity index (χ0n) is 7.36. The van der Waals surface area contributed by atoms with Crippen molar-refractivity contribution in [2.24, 2.45) is 0 Å². The molecule has 0 aromatic rings. The fourth-order valence-electron chi connectivity index (χ4n) is 0.973. The zero-order chi connectivity index (χ0) is 8.97. The van der Waals surface area contributed by atoms with Crippen molar-refractivity contribution in [1.29, 1.82) is 0 Å². The highest BCUT2D eigenvalue weighted by Gasteiger charge is 2.03. The molecule has 0 aliphatic carbocycles. The van der Waals surface area contributed by atoms with Gasteiger partial charge in [-0.2, -0.15) is 0 Å². The van der Waals surface area contributed by atoms with E-state index in [1.54, 1.807) is 5.01 Å². The van der Waals surface area contributed by atoms with Crippen LogP contribution >= 0.6 is 12.4 Å². The maximum Gasteiger partial charge on any atom is 0.319 e. The van der Waals surface area contributed by atoms with Crippen LogP contribution in [0.2, 0.25) is 0 Å². The molecule has 5 heteroatoms. The van der Waals surface area contributed by atoms with Crippen molar-refractivity contribution in [3.63, 3.8) is 0 Å². The molecule has 4 nitrogen and oxygen atoms in total. The minimum atomic E-state index is -0.851. The van der Waals surface area contributed by atoms with E-state index >= 15 is 0 Å². The Kier molecular flexibility index (Phi) is 5.18. The first-order valence-corrected chi connectivity index (χ1v) is 3.75. The third-order valence-corrected chi connectivity index (χ3v) is 1.48. The van der Waals surface area contributed by atoms with Crippen molar-refractivity contribution in [3.8, 4) is 0 Å². The van der Waals surface area contributed by atoms with Crippen molar-refractivity contribution < 1.29 is 9.90 Å². The fourth-order valence-corrected chi connectivity index (χ4v) is 0.973. The Bertz CT molecular complexity index is 238. The van der Waals surface area contributed by atoms with Gasteiger partial charge in [0, 0.05) is 6.20 Å². The van der Waals surface area contributed by atoms with Crippen LogP contribution in [0.25, 0.3) is 0 Å². The number of rotatable bonds is 3. The quantitative estimate of drug-likeness (QED) is 0.713. The summed E-state index contributed by atoms with van der Waals surface area (Å²) in [7, 11) is 0. The summed E-state index contributed by atoms with van der Waals surface area (Å²) in [5, 5.41) is 10.1. The van der Waals surface area contributed by atoms with Crippen molar-refractivity contribution >= 4 is 18.4 Å². The van der Waals surface area contributed by atoms with Gasteiger partial charge in [-0.05, 0) is 12.5 Å². The van der Waals surface area contributed by atoms with E-state index in [-0.39, 0.29) is 19.0 Å². The van der Waals surface area contributed by atoms with Crippen LogP contribution < -0.4 is 5.43 Å². The van der Waals surface area contributed by atoms with E-state index in [0.717, 1.165) is 5.57 Å². The van der Waals surface area contributed by atoms with Gasteiger partial charge in [0.05, 0.1) is 6.54 Å². The number of halogens is 1. The van der Waals surface area contributed by atoms with Gasteiger partial charge in [-0.1, -0.05) is 12.2 Å². The standard InChI is InChI=1S/C8H12N2O2.ClH/c1-7-3-2-4-10(6-7)9-5-8(11)12;/h2-3,6,9H,4-5H2,1H3,(H,11,12);1H. The summed E-state index contributed by atoms with van der Waals surface area (Å²) in [6.07, 6.45) is 5.85. The minimum Gasteiger partial charge on any atom is -0.480 e. The summed E-state index contributed by atoms with van der Waals surface area (Å²) in [6, 6.07) is 0. The van der Waals surface area contributed by atoms with Crippen LogP contribution in [0.3, 0.4) is 0 Å². The van der Waals surface area contributed by atoms with Crippen LogP contribution in [-0.4, -0.2) is 29.2 Å². The first-order valence-electron chi connectivity index (χ1n) is 3.75. The molecular formula is C8H13ClN2O2. The molecule has 13 heavy (non-hydrogen) atoms. The molecule has 1 aliphatic heterocycles. The third-order valence-electron chi connectivity index (χ3n) is 1.48. The third kappa shape index (κ3) is 4.55. The van der Waals surface area contributed by atoms with Gasteiger partial charge in [0.2, 0.25) is 0 Å². The van der Waals surface area contributed by atoms with Gasteiger partial charge >= 0.3 is 5.97 Å². The lowest BCUT2D eigenvalue weighted by Gasteiger charge is -2.21. The Balaban J connectivity index is 0.00000144. The smallest absolute Gasteiger partial charge is 0.319 e. The highest BCUT2D eigenvalue weighted by molar-refractivity contribution is 5.85. The Labute approximate surface area is 83.3 Å². The lowest BCUT2D eigenvalue weighted by Crippen LogP contribution is -2.38. The maximum atomic E-state index is 10.2. The van der Waals surface area contributed by atoms with Gasteiger partial charge in [-0.25, -0.2) is 5.43 Å². The van der Waals surface area contributed by atoms with Crippen LogP contribution in [0.4, 0.5) is 0 Å². The molecule has 0 atom stereocenters. The second-order valence-electron chi connectivity index (χ2n) is 2.66. The number of nitrogens with one attached hydrogen (secondary N) is 1. The van der Waals surface area contributed by atoms with Crippen LogP contribution in [0.5, 0.6) is 0 Å². The van der Waals surface area contributed by atoms with Crippen molar-refractivity contribution in [2.75, 3.05) is 13.1 Å². The van der Waals surface area contributed by atoms with E-state index in [9.17, 15) is 4.79 Å². The van der Waals surface area contributed by atoms with Crippen molar-refractivity contribution in [2.45, 2.75) is 6.92 Å². The highest BCUT2D eigenvalue weighted by Crippen LogP contribution is 2.02. The summed E-state index contributed by atoms with van der Waals surface area (Å²) in [5.41, 5.74) is 3.87. The number of carboxylic acid groups (broad SMARTS) is 1. The molecule has 74 valence electrons. The van der Waals surface area contributed by atoms with Gasteiger partial charge in [-0.3, -0.25) is 4.79 Å². The lowest BCUT2D eigenvalue weighted by molar-refractivity contribution is -0.136. The molecule has 0 aromatic heterocycles. The molecule has 0 saturated carbocycles. The van der Waals surface area contributed by atoms with Gasteiger partial charge in [0.1, 0.15) is 6.54 Å². The van der Waals surface area contributed by atoms with E-state index in [0.29, 0.717) is 6.54 Å². The van der Waals surface area contributed by atoms with Gasteiger partial charge < -0.3 is 10.1 Å². The Morgan fingerprint density at radius 3 is 3.00 bits per heavy atom. The molecule has 0 amide bonds. The fraction of sp³-hybridized carbons (Fsp3) is 0.375. The Morgan fingerprint density at radius 1 is 1.77 bits per heavy atom. The first-order chi connectivity index (χ1) is 5.68. The van der Waals surface area contributed by atoms with Crippen LogP contribution in [0.15, 0.2) is 23.9 Å². The summed E-state index contributed by atoms with van der Waals surface area (Å²) in [6.45, 7) is 2.63. The number of aliphatic carboxylic acids is 1. The maximum absolute atomic E-state index is 10.2. The summed E-state index contributed by atoms with van der Waals surface area (Å²) >= 11 is 0. The molecule has 0 aromatic carbocycles. The minimum absolute atomic E-state index is 0. The molecule has 0 fully saturated rings. The van der Waals surface area contributed by atoms with Gasteiger partial charge in [0.15, 0.2) is 0 Å². The molecule has 1 aliphatic rings. The Hall–Kier alpha value is -1.00. The molecule has 0 radical (unpaired) electrons. The monoisotopic (exact) mass is 204 g/mol. The first kappa shape index (κ1) is 12.0. The Morgan fingerprint density at radius 2 is 2.46 bits per heavy atom. The number of allylic oxidation sites excluding steroid dienone is 2. The summed E-state index contributed by atoms with van der Waals surface area (Å²) in [5.74, 6) is -0.851. The van der Waals surface area contributed by atoms with E-state index in [1.807, 2.05) is 25.3 Å². The average Bonchev–Trinajstić information content (AvgIpc) is 2.01. The van der Waals surface area contributed by atoms with E-state index in [2.05, 4.69) is 5.43 Å². The molecular weight excluding hydrogens is 192 g/mol. The van der Waals surface area contributed by atoms with Crippen LogP contribution in [0.1, 0.15) is 6.92 Å². The number of carbonyl (C=O) groups is 1.